The number of hydrogen-bond donors (Lipinski definition) is 1. The summed E-state index contributed by atoms with van der Waals surface area (Å²) in [6.45, 7) is 1.74. The first-order chi connectivity index (χ1) is 9.60. The van der Waals surface area contributed by atoms with Crippen LogP contribution in [-0.2, 0) is 6.42 Å². The van der Waals surface area contributed by atoms with Gasteiger partial charge in [-0.15, -0.1) is 0 Å². The molecule has 2 aromatic heterocycles. The number of aryl methyl sites for hydroxylation is 1. The molecule has 0 saturated carbocycles. The number of nitro groups is 1. The largest absolute Gasteiger partial charge is 0.354 e. The molecule has 1 amide bonds. The Hall–Kier alpha value is -2.77. The van der Waals surface area contributed by atoms with Gasteiger partial charge in [0.15, 0.2) is 5.82 Å². The van der Waals surface area contributed by atoms with Crippen molar-refractivity contribution < 1.29 is 9.72 Å². The molecular formula is C12H13N5O3. The second kappa shape index (κ2) is 5.47. The summed E-state index contributed by atoms with van der Waals surface area (Å²) in [6, 6.07) is 5.05. The van der Waals surface area contributed by atoms with Gasteiger partial charge in [-0.2, -0.15) is 5.10 Å². The Kier molecular flexibility index (Phi) is 3.74. The molecule has 104 valence electrons. The molecule has 8 heteroatoms. The molecule has 20 heavy (non-hydrogen) atoms. The number of nitrogens with one attached hydrogen (secondary N) is 1. The third-order valence-corrected chi connectivity index (χ3v) is 2.76. The molecule has 0 radical (unpaired) electrons. The number of rotatable bonds is 4. The lowest BCUT2D eigenvalue weighted by Gasteiger charge is -2.04. The van der Waals surface area contributed by atoms with Gasteiger partial charge in [0.25, 0.3) is 5.91 Å². The summed E-state index contributed by atoms with van der Waals surface area (Å²) >= 11 is 0. The first-order valence-corrected chi connectivity index (χ1v) is 5.99. The molecule has 0 saturated heterocycles. The van der Waals surface area contributed by atoms with Crippen LogP contribution < -0.4 is 5.32 Å². The number of nitrogens with zero attached hydrogens (tertiary/aromatic N) is 4. The number of carbonyl (C=O) groups is 1. The van der Waals surface area contributed by atoms with Gasteiger partial charge in [0.05, 0.1) is 4.92 Å². The van der Waals surface area contributed by atoms with Crippen LogP contribution >= 0.6 is 0 Å². The molecule has 2 rings (SSSR count). The topological polar surface area (TPSA) is 103 Å². The Balaban J connectivity index is 2.74. The lowest BCUT2D eigenvalue weighted by atomic mass is 10.2. The molecule has 0 bridgehead atoms. The van der Waals surface area contributed by atoms with Gasteiger partial charge in [-0.05, 0) is 18.6 Å². The van der Waals surface area contributed by atoms with E-state index in [1.807, 2.05) is 0 Å². The van der Waals surface area contributed by atoms with Crippen molar-refractivity contribution in [1.82, 2.24) is 20.1 Å². The highest BCUT2D eigenvalue weighted by atomic mass is 16.6. The number of carbonyl (C=O) groups excluding carboxylic acids is 1. The predicted octanol–water partition coefficient (Wildman–Crippen LogP) is 1.10. The van der Waals surface area contributed by atoms with Crippen LogP contribution in [-0.4, -0.2) is 32.6 Å². The molecular weight excluding hydrogens is 262 g/mol. The van der Waals surface area contributed by atoms with Crippen molar-refractivity contribution in [1.29, 1.82) is 0 Å². The summed E-state index contributed by atoms with van der Waals surface area (Å²) in [5.74, 6) is -0.219. The first kappa shape index (κ1) is 13.7. The molecule has 0 aliphatic heterocycles. The van der Waals surface area contributed by atoms with E-state index in [1.165, 1.54) is 17.9 Å². The third-order valence-electron chi connectivity index (χ3n) is 2.76. The molecule has 0 spiro atoms. The normalized spacial score (nSPS) is 10.3. The smallest absolute Gasteiger partial charge is 0.323 e. The van der Waals surface area contributed by atoms with E-state index in [-0.39, 0.29) is 17.1 Å². The fourth-order valence-corrected chi connectivity index (χ4v) is 1.85. The summed E-state index contributed by atoms with van der Waals surface area (Å²) in [6.07, 6.45) is 1.88. The Morgan fingerprint density at radius 1 is 1.50 bits per heavy atom. The summed E-state index contributed by atoms with van der Waals surface area (Å²) in [5, 5.41) is 17.8. The van der Waals surface area contributed by atoms with Crippen LogP contribution in [0.4, 0.5) is 5.69 Å². The van der Waals surface area contributed by atoms with Gasteiger partial charge in [-0.25, -0.2) is 9.67 Å². The zero-order chi connectivity index (χ0) is 14.7. The minimum absolute atomic E-state index is 0.118. The highest BCUT2D eigenvalue weighted by molar-refractivity contribution is 5.97. The lowest BCUT2D eigenvalue weighted by Crippen LogP contribution is -2.23. The number of hydrogen-bond acceptors (Lipinski definition) is 5. The third kappa shape index (κ3) is 2.22. The molecule has 2 aromatic rings. The summed E-state index contributed by atoms with van der Waals surface area (Å²) < 4.78 is 1.20. The average Bonchev–Trinajstić information content (AvgIpc) is 2.87. The van der Waals surface area contributed by atoms with E-state index < -0.39 is 10.8 Å². The second-order valence-corrected chi connectivity index (χ2v) is 3.93. The number of amides is 1. The first-order valence-electron chi connectivity index (χ1n) is 5.99. The lowest BCUT2D eigenvalue weighted by molar-refractivity contribution is -0.385. The molecule has 8 nitrogen and oxygen atoms in total. The van der Waals surface area contributed by atoms with Crippen LogP contribution in [0.25, 0.3) is 5.82 Å². The van der Waals surface area contributed by atoms with E-state index in [9.17, 15) is 14.9 Å². The van der Waals surface area contributed by atoms with Crippen LogP contribution in [0.5, 0.6) is 0 Å². The molecule has 2 heterocycles. The van der Waals surface area contributed by atoms with Crippen LogP contribution in [0, 0.1) is 10.1 Å². The monoisotopic (exact) mass is 275 g/mol. The Morgan fingerprint density at radius 2 is 2.25 bits per heavy atom. The maximum absolute atomic E-state index is 12.0. The maximum atomic E-state index is 12.0. The Labute approximate surface area is 114 Å². The SMILES string of the molecule is CCc1nn(-c2ccccn2)c(C(=O)NC)c1[N+](=O)[O-]. The quantitative estimate of drug-likeness (QED) is 0.664. The van der Waals surface area contributed by atoms with Crippen molar-refractivity contribution in [3.63, 3.8) is 0 Å². The van der Waals surface area contributed by atoms with Crippen molar-refractivity contribution in [2.75, 3.05) is 7.05 Å². The molecule has 0 unspecified atom stereocenters. The van der Waals surface area contributed by atoms with Gasteiger partial charge < -0.3 is 5.32 Å². The summed E-state index contributed by atoms with van der Waals surface area (Å²) in [5.41, 5.74) is -0.148. The van der Waals surface area contributed by atoms with Gasteiger partial charge in [0, 0.05) is 13.2 Å². The van der Waals surface area contributed by atoms with Crippen LogP contribution in [0.1, 0.15) is 23.1 Å². The standard InChI is InChI=1S/C12H13N5O3/c1-3-8-10(17(19)20)11(12(18)13-2)16(15-8)9-6-4-5-7-14-9/h4-7H,3H2,1-2H3,(H,13,18). The molecule has 0 aromatic carbocycles. The highest BCUT2D eigenvalue weighted by Gasteiger charge is 2.32. The van der Waals surface area contributed by atoms with Crippen molar-refractivity contribution in [2.45, 2.75) is 13.3 Å². The minimum Gasteiger partial charge on any atom is -0.354 e. The van der Waals surface area contributed by atoms with Crippen molar-refractivity contribution in [3.8, 4) is 5.82 Å². The average molecular weight is 275 g/mol. The second-order valence-electron chi connectivity index (χ2n) is 3.93. The Morgan fingerprint density at radius 3 is 2.75 bits per heavy atom. The molecule has 0 aliphatic rings. The minimum atomic E-state index is -0.587. The molecule has 1 N–H and O–H groups in total. The molecule has 0 aliphatic carbocycles. The van der Waals surface area contributed by atoms with E-state index in [4.69, 9.17) is 0 Å². The van der Waals surface area contributed by atoms with Gasteiger partial charge in [-0.3, -0.25) is 14.9 Å². The molecule has 0 atom stereocenters. The van der Waals surface area contributed by atoms with Gasteiger partial charge in [-0.1, -0.05) is 13.0 Å². The fourth-order valence-electron chi connectivity index (χ4n) is 1.85. The van der Waals surface area contributed by atoms with E-state index in [0.717, 1.165) is 0 Å². The number of aromatic nitrogens is 3. The van der Waals surface area contributed by atoms with Gasteiger partial charge >= 0.3 is 5.69 Å². The van der Waals surface area contributed by atoms with Crippen molar-refractivity contribution in [3.05, 3.63) is 45.9 Å². The summed E-state index contributed by atoms with van der Waals surface area (Å²) in [7, 11) is 1.41. The predicted molar refractivity (Wildman–Crippen MR) is 70.8 cm³/mol. The van der Waals surface area contributed by atoms with Gasteiger partial charge in [0.1, 0.15) is 5.69 Å². The van der Waals surface area contributed by atoms with E-state index in [1.54, 1.807) is 25.1 Å². The summed E-state index contributed by atoms with van der Waals surface area (Å²) in [4.78, 5) is 26.7. The zero-order valence-corrected chi connectivity index (χ0v) is 11.0. The fraction of sp³-hybridized carbons (Fsp3) is 0.250. The maximum Gasteiger partial charge on any atom is 0.323 e. The van der Waals surface area contributed by atoms with Crippen molar-refractivity contribution >= 4 is 11.6 Å². The van der Waals surface area contributed by atoms with Gasteiger partial charge in [0.2, 0.25) is 5.69 Å². The van der Waals surface area contributed by atoms with E-state index in [0.29, 0.717) is 12.2 Å². The zero-order valence-electron chi connectivity index (χ0n) is 11.0. The van der Waals surface area contributed by atoms with Crippen LogP contribution in [0.15, 0.2) is 24.4 Å². The van der Waals surface area contributed by atoms with E-state index in [2.05, 4.69) is 15.4 Å². The Bertz CT molecular complexity index is 651. The highest BCUT2D eigenvalue weighted by Crippen LogP contribution is 2.26. The van der Waals surface area contributed by atoms with Crippen LogP contribution in [0.3, 0.4) is 0 Å². The van der Waals surface area contributed by atoms with E-state index >= 15 is 0 Å². The van der Waals surface area contributed by atoms with Crippen LogP contribution in [0.2, 0.25) is 0 Å². The molecule has 0 fully saturated rings. The number of pyridine rings is 1. The van der Waals surface area contributed by atoms with Crippen molar-refractivity contribution in [2.24, 2.45) is 0 Å².